The maximum Gasteiger partial charge on any atom is 0.268 e. The van der Waals surface area contributed by atoms with Crippen LogP contribution in [0, 0.1) is 11.8 Å². The molecule has 0 radical (unpaired) electrons. The average Bonchev–Trinajstić information content (AvgIpc) is 3.29. The number of morpholine rings is 1. The van der Waals surface area contributed by atoms with Crippen molar-refractivity contribution in [1.82, 2.24) is 14.7 Å². The first-order valence-electron chi connectivity index (χ1n) is 8.89. The molecule has 1 aromatic rings. The number of hydrogen-bond donors (Lipinski definition) is 0. The van der Waals surface area contributed by atoms with Gasteiger partial charge < -0.3 is 14.5 Å². The summed E-state index contributed by atoms with van der Waals surface area (Å²) >= 11 is 0. The van der Waals surface area contributed by atoms with Crippen molar-refractivity contribution >= 4 is 11.6 Å². The van der Waals surface area contributed by atoms with Crippen LogP contribution in [0.1, 0.15) is 19.3 Å². The molecule has 1 saturated carbocycles. The number of carbonyl (C=O) groups excluding carboxylic acids is 1. The summed E-state index contributed by atoms with van der Waals surface area (Å²) in [6.45, 7) is 4.84. The van der Waals surface area contributed by atoms with E-state index in [0.717, 1.165) is 25.2 Å². The van der Waals surface area contributed by atoms with Gasteiger partial charge in [-0.1, -0.05) is 0 Å². The van der Waals surface area contributed by atoms with Crippen LogP contribution >= 0.6 is 0 Å². The van der Waals surface area contributed by atoms with Gasteiger partial charge in [-0.3, -0.25) is 9.59 Å². The molecule has 3 heterocycles. The van der Waals surface area contributed by atoms with Crippen molar-refractivity contribution in [3.63, 3.8) is 0 Å². The van der Waals surface area contributed by atoms with Crippen LogP contribution in [0.25, 0.3) is 0 Å². The molecule has 2 saturated heterocycles. The molecular weight excluding hydrogens is 308 g/mol. The lowest BCUT2D eigenvalue weighted by Crippen LogP contribution is -2.44. The van der Waals surface area contributed by atoms with E-state index < -0.39 is 0 Å². The fourth-order valence-electron chi connectivity index (χ4n) is 3.52. The second-order valence-corrected chi connectivity index (χ2v) is 7.05. The van der Waals surface area contributed by atoms with Crippen molar-refractivity contribution in [2.45, 2.75) is 25.8 Å². The largest absolute Gasteiger partial charge is 0.378 e. The van der Waals surface area contributed by atoms with Gasteiger partial charge in [0.15, 0.2) is 0 Å². The van der Waals surface area contributed by atoms with Crippen LogP contribution in [0.5, 0.6) is 0 Å². The number of amides is 1. The molecular formula is C17H24N4O3. The molecule has 2 aliphatic heterocycles. The highest BCUT2D eigenvalue weighted by Gasteiger charge is 2.32. The fraction of sp³-hybridized carbons (Fsp3) is 0.706. The topological polar surface area (TPSA) is 67.7 Å². The van der Waals surface area contributed by atoms with E-state index in [1.807, 2.05) is 4.90 Å². The zero-order valence-electron chi connectivity index (χ0n) is 13.9. The first kappa shape index (κ1) is 15.6. The summed E-state index contributed by atoms with van der Waals surface area (Å²) in [5.41, 5.74) is 0.798. The van der Waals surface area contributed by atoms with Crippen LogP contribution in [-0.4, -0.2) is 60.0 Å². The third kappa shape index (κ3) is 3.31. The van der Waals surface area contributed by atoms with Crippen molar-refractivity contribution in [1.29, 1.82) is 0 Å². The molecule has 1 unspecified atom stereocenters. The maximum absolute atomic E-state index is 12.6. The Kier molecular flexibility index (Phi) is 4.26. The van der Waals surface area contributed by atoms with Crippen LogP contribution in [0.3, 0.4) is 0 Å². The molecule has 0 aromatic carbocycles. The Bertz CT molecular complexity index is 664. The summed E-state index contributed by atoms with van der Waals surface area (Å²) in [5.74, 6) is 0.858. The Morgan fingerprint density at radius 1 is 1.21 bits per heavy atom. The number of aromatic nitrogens is 2. The zero-order valence-corrected chi connectivity index (χ0v) is 13.9. The van der Waals surface area contributed by atoms with E-state index in [1.54, 1.807) is 16.9 Å². The number of hydrogen-bond acceptors (Lipinski definition) is 5. The molecule has 3 aliphatic rings. The third-order valence-electron chi connectivity index (χ3n) is 5.21. The normalized spacial score (nSPS) is 24.4. The van der Waals surface area contributed by atoms with Gasteiger partial charge in [-0.15, -0.1) is 0 Å². The van der Waals surface area contributed by atoms with Crippen LogP contribution in [-0.2, 0) is 16.1 Å². The van der Waals surface area contributed by atoms with Crippen molar-refractivity contribution in [3.8, 4) is 0 Å². The van der Waals surface area contributed by atoms with Gasteiger partial charge in [0.2, 0.25) is 5.91 Å². The summed E-state index contributed by atoms with van der Waals surface area (Å²) in [7, 11) is 0. The van der Waals surface area contributed by atoms with Gasteiger partial charge in [-0.2, -0.15) is 5.10 Å². The molecule has 0 N–H and O–H groups in total. The number of nitrogens with zero attached hydrogens (tertiary/aromatic N) is 4. The monoisotopic (exact) mass is 332 g/mol. The Balaban J connectivity index is 1.39. The molecule has 0 bridgehead atoms. The molecule has 0 spiro atoms. The third-order valence-corrected chi connectivity index (χ3v) is 5.21. The minimum Gasteiger partial charge on any atom is -0.378 e. The van der Waals surface area contributed by atoms with E-state index >= 15 is 0 Å². The Hall–Kier alpha value is -1.89. The molecule has 7 nitrogen and oxygen atoms in total. The van der Waals surface area contributed by atoms with Crippen LogP contribution in [0.4, 0.5) is 5.69 Å². The van der Waals surface area contributed by atoms with Gasteiger partial charge in [0, 0.05) is 38.8 Å². The SMILES string of the molecule is O=C(C1CCN(c2cnn(CC3CC3)c(=O)c2)C1)N1CCOCC1. The summed E-state index contributed by atoms with van der Waals surface area (Å²) < 4.78 is 6.87. The first-order valence-corrected chi connectivity index (χ1v) is 8.89. The maximum atomic E-state index is 12.6. The molecule has 130 valence electrons. The molecule has 24 heavy (non-hydrogen) atoms. The average molecular weight is 332 g/mol. The van der Waals surface area contributed by atoms with Gasteiger partial charge in [-0.25, -0.2) is 4.68 Å². The number of rotatable bonds is 4. The zero-order chi connectivity index (χ0) is 16.5. The summed E-state index contributed by atoms with van der Waals surface area (Å²) in [5, 5.41) is 4.31. The lowest BCUT2D eigenvalue weighted by Gasteiger charge is -2.29. The smallest absolute Gasteiger partial charge is 0.268 e. The Labute approximate surface area is 141 Å². The molecule has 1 aliphatic carbocycles. The van der Waals surface area contributed by atoms with Gasteiger partial charge in [-0.05, 0) is 25.2 Å². The highest BCUT2D eigenvalue weighted by molar-refractivity contribution is 5.80. The lowest BCUT2D eigenvalue weighted by atomic mass is 10.1. The molecule has 1 amide bonds. The van der Waals surface area contributed by atoms with Crippen molar-refractivity contribution in [2.24, 2.45) is 11.8 Å². The van der Waals surface area contributed by atoms with Crippen molar-refractivity contribution < 1.29 is 9.53 Å². The minimum absolute atomic E-state index is 0.0111. The van der Waals surface area contributed by atoms with Gasteiger partial charge in [0.1, 0.15) is 0 Å². The number of ether oxygens (including phenoxy) is 1. The molecule has 3 fully saturated rings. The van der Waals surface area contributed by atoms with E-state index in [1.165, 1.54) is 12.8 Å². The van der Waals surface area contributed by atoms with Gasteiger partial charge >= 0.3 is 0 Å². The fourth-order valence-corrected chi connectivity index (χ4v) is 3.52. The van der Waals surface area contributed by atoms with Crippen LogP contribution < -0.4 is 10.5 Å². The second-order valence-electron chi connectivity index (χ2n) is 7.05. The summed E-state index contributed by atoms with van der Waals surface area (Å²) in [6, 6.07) is 1.66. The van der Waals surface area contributed by atoms with Gasteiger partial charge in [0.05, 0.1) is 31.0 Å². The quantitative estimate of drug-likeness (QED) is 0.795. The highest BCUT2D eigenvalue weighted by atomic mass is 16.5. The van der Waals surface area contributed by atoms with Crippen LogP contribution in [0.2, 0.25) is 0 Å². The molecule has 1 aromatic heterocycles. The van der Waals surface area contributed by atoms with E-state index in [9.17, 15) is 9.59 Å². The van der Waals surface area contributed by atoms with E-state index in [2.05, 4.69) is 10.00 Å². The first-order chi connectivity index (χ1) is 11.7. The minimum atomic E-state index is -0.0395. The molecule has 4 rings (SSSR count). The summed E-state index contributed by atoms with van der Waals surface area (Å²) in [6.07, 6.45) is 5.01. The Morgan fingerprint density at radius 3 is 2.71 bits per heavy atom. The molecule has 7 heteroatoms. The lowest BCUT2D eigenvalue weighted by molar-refractivity contribution is -0.138. The standard InChI is InChI=1S/C17H24N4O3/c22-16-9-15(10-18-21(16)11-13-1-2-13)20-4-3-14(12-20)17(23)19-5-7-24-8-6-19/h9-10,13-14H,1-8,11-12H2. The Morgan fingerprint density at radius 2 is 2.00 bits per heavy atom. The van der Waals surface area contributed by atoms with Crippen molar-refractivity contribution in [3.05, 3.63) is 22.6 Å². The second kappa shape index (κ2) is 6.55. The highest BCUT2D eigenvalue weighted by Crippen LogP contribution is 2.30. The van der Waals surface area contributed by atoms with Gasteiger partial charge in [0.25, 0.3) is 5.56 Å². The molecule has 1 atom stereocenters. The van der Waals surface area contributed by atoms with E-state index in [-0.39, 0.29) is 17.4 Å². The van der Waals surface area contributed by atoms with Crippen molar-refractivity contribution in [2.75, 3.05) is 44.3 Å². The van der Waals surface area contributed by atoms with Crippen LogP contribution in [0.15, 0.2) is 17.1 Å². The predicted molar refractivity (Wildman–Crippen MR) is 88.9 cm³/mol. The summed E-state index contributed by atoms with van der Waals surface area (Å²) in [4.78, 5) is 28.8. The number of anilines is 1. The van der Waals surface area contributed by atoms with E-state index in [4.69, 9.17) is 4.74 Å². The van der Waals surface area contributed by atoms with E-state index in [0.29, 0.717) is 38.8 Å². The predicted octanol–water partition coefficient (Wildman–Crippen LogP) is 0.338. The number of carbonyl (C=O) groups is 1.